The van der Waals surface area contributed by atoms with Gasteiger partial charge in [-0.25, -0.2) is 0 Å². The molecule has 1 aliphatic rings. The average molecular weight is 251 g/mol. The van der Waals surface area contributed by atoms with Crippen LogP contribution < -0.4 is 0 Å². The van der Waals surface area contributed by atoms with Gasteiger partial charge in [-0.3, -0.25) is 9.59 Å². The molecule has 1 fully saturated rings. The summed E-state index contributed by atoms with van der Waals surface area (Å²) in [4.78, 5) is 25.1. The van der Waals surface area contributed by atoms with E-state index in [4.69, 9.17) is 0 Å². The van der Waals surface area contributed by atoms with Crippen LogP contribution in [0.3, 0.4) is 0 Å². The van der Waals surface area contributed by atoms with Gasteiger partial charge in [-0.05, 0) is 12.8 Å². The van der Waals surface area contributed by atoms with Crippen molar-refractivity contribution < 1.29 is 14.7 Å². The van der Waals surface area contributed by atoms with Gasteiger partial charge in [0, 0.05) is 19.5 Å². The van der Waals surface area contributed by atoms with Gasteiger partial charge in [0.1, 0.15) is 0 Å². The minimum Gasteiger partial charge on any atom is -0.481 e. The highest BCUT2D eigenvalue weighted by atomic mass is 16.4. The zero-order chi connectivity index (χ0) is 13.6. The molecule has 18 heavy (non-hydrogen) atoms. The van der Waals surface area contributed by atoms with Gasteiger partial charge < -0.3 is 10.0 Å². The van der Waals surface area contributed by atoms with Crippen LogP contribution >= 0.6 is 0 Å². The van der Waals surface area contributed by atoms with E-state index >= 15 is 0 Å². The largest absolute Gasteiger partial charge is 0.481 e. The molecule has 0 radical (unpaired) electrons. The van der Waals surface area contributed by atoms with E-state index in [0.29, 0.717) is 25.9 Å². The van der Waals surface area contributed by atoms with Crippen LogP contribution in [-0.4, -0.2) is 35.0 Å². The molecule has 0 spiro atoms. The lowest BCUT2D eigenvalue weighted by atomic mass is 9.82. The summed E-state index contributed by atoms with van der Waals surface area (Å²) in [6.45, 7) is 8.07. The molecule has 0 bridgehead atoms. The third kappa shape index (κ3) is 3.22. The summed E-state index contributed by atoms with van der Waals surface area (Å²) in [7, 11) is 0. The van der Waals surface area contributed by atoms with E-state index < -0.39 is 11.4 Å². The fourth-order valence-corrected chi connectivity index (χ4v) is 2.51. The predicted molar refractivity (Wildman–Crippen MR) is 70.1 cm³/mol. The van der Waals surface area contributed by atoms with Gasteiger partial charge in [-0.1, -0.05) is 25.0 Å². The Bertz CT molecular complexity index is 333. The molecule has 1 N–H and O–H groups in total. The van der Waals surface area contributed by atoms with Gasteiger partial charge in [-0.2, -0.15) is 0 Å². The molecule has 1 saturated carbocycles. The Hall–Kier alpha value is -1.58. The van der Waals surface area contributed by atoms with Gasteiger partial charge in [0.2, 0.25) is 5.91 Å². The van der Waals surface area contributed by atoms with Crippen LogP contribution in [0, 0.1) is 5.41 Å². The summed E-state index contributed by atoms with van der Waals surface area (Å²) < 4.78 is 0. The summed E-state index contributed by atoms with van der Waals surface area (Å²) in [5.41, 5.74) is -0.850. The number of nitrogens with zero attached hydrogens (tertiary/aromatic N) is 1. The van der Waals surface area contributed by atoms with Crippen molar-refractivity contribution in [3.63, 3.8) is 0 Å². The van der Waals surface area contributed by atoms with Crippen molar-refractivity contribution >= 4 is 11.9 Å². The predicted octanol–water partition coefficient (Wildman–Crippen LogP) is 2.22. The van der Waals surface area contributed by atoms with Crippen molar-refractivity contribution in [2.24, 2.45) is 5.41 Å². The Kier molecular flexibility index (Phi) is 5.13. The summed E-state index contributed by atoms with van der Waals surface area (Å²) in [5.74, 6) is -0.968. The highest BCUT2D eigenvalue weighted by Crippen LogP contribution is 2.41. The van der Waals surface area contributed by atoms with Crippen molar-refractivity contribution in [3.05, 3.63) is 25.3 Å². The first-order valence-electron chi connectivity index (χ1n) is 6.29. The minimum absolute atomic E-state index is 0.0873. The topological polar surface area (TPSA) is 57.6 Å². The lowest BCUT2D eigenvalue weighted by Gasteiger charge is -2.27. The Morgan fingerprint density at radius 1 is 1.17 bits per heavy atom. The van der Waals surface area contributed by atoms with Crippen molar-refractivity contribution in [1.82, 2.24) is 4.90 Å². The van der Waals surface area contributed by atoms with E-state index in [1.54, 1.807) is 17.1 Å². The normalized spacial score (nSPS) is 17.1. The highest BCUT2D eigenvalue weighted by molar-refractivity contribution is 5.85. The zero-order valence-electron chi connectivity index (χ0n) is 10.7. The molecule has 1 aliphatic carbocycles. The van der Waals surface area contributed by atoms with Crippen molar-refractivity contribution in [3.8, 4) is 0 Å². The Balaban J connectivity index is 2.73. The number of carbonyl (C=O) groups excluding carboxylic acids is 1. The number of hydrogen-bond donors (Lipinski definition) is 1. The van der Waals surface area contributed by atoms with Crippen LogP contribution in [-0.2, 0) is 9.59 Å². The lowest BCUT2D eigenvalue weighted by Crippen LogP contribution is -2.38. The molecule has 4 nitrogen and oxygen atoms in total. The summed E-state index contributed by atoms with van der Waals surface area (Å²) in [6.07, 6.45) is 6.36. The number of carboxylic acids is 1. The summed E-state index contributed by atoms with van der Waals surface area (Å²) in [5, 5.41) is 9.34. The number of hydrogen-bond acceptors (Lipinski definition) is 2. The molecule has 0 aromatic rings. The second kappa shape index (κ2) is 6.38. The molecular weight excluding hydrogens is 230 g/mol. The van der Waals surface area contributed by atoms with Crippen molar-refractivity contribution in [2.75, 3.05) is 13.1 Å². The molecule has 0 unspecified atom stereocenters. The van der Waals surface area contributed by atoms with Crippen molar-refractivity contribution in [2.45, 2.75) is 32.1 Å². The molecule has 0 aromatic carbocycles. The Morgan fingerprint density at radius 3 is 2.06 bits per heavy atom. The van der Waals surface area contributed by atoms with Crippen LogP contribution in [0.1, 0.15) is 32.1 Å². The summed E-state index contributed by atoms with van der Waals surface area (Å²) >= 11 is 0. The third-order valence-corrected chi connectivity index (χ3v) is 3.56. The minimum atomic E-state index is -0.850. The fourth-order valence-electron chi connectivity index (χ4n) is 2.51. The van der Waals surface area contributed by atoms with Gasteiger partial charge in [-0.15, -0.1) is 13.2 Å². The molecule has 0 heterocycles. The maximum absolute atomic E-state index is 12.2. The quantitative estimate of drug-likeness (QED) is 0.706. The Morgan fingerprint density at radius 2 is 1.67 bits per heavy atom. The molecule has 1 amide bonds. The first kappa shape index (κ1) is 14.5. The second-order valence-corrected chi connectivity index (χ2v) is 4.85. The fraction of sp³-hybridized carbons (Fsp3) is 0.571. The highest BCUT2D eigenvalue weighted by Gasteiger charge is 2.43. The summed E-state index contributed by atoms with van der Waals surface area (Å²) in [6, 6.07) is 0. The van der Waals surface area contributed by atoms with Crippen LogP contribution in [0.5, 0.6) is 0 Å². The zero-order valence-corrected chi connectivity index (χ0v) is 10.7. The second-order valence-electron chi connectivity index (χ2n) is 4.85. The van der Waals surface area contributed by atoms with E-state index in [0.717, 1.165) is 12.8 Å². The number of rotatable bonds is 7. The van der Waals surface area contributed by atoms with E-state index in [9.17, 15) is 14.7 Å². The molecule has 4 heteroatoms. The number of amides is 1. The monoisotopic (exact) mass is 251 g/mol. The number of aliphatic carboxylic acids is 1. The van der Waals surface area contributed by atoms with E-state index in [2.05, 4.69) is 13.2 Å². The van der Waals surface area contributed by atoms with Gasteiger partial charge in [0.05, 0.1) is 5.41 Å². The Labute approximate surface area is 108 Å². The lowest BCUT2D eigenvalue weighted by molar-refractivity contribution is -0.153. The SMILES string of the molecule is C=CCN(CC=C)C(=O)CC1(C(=O)O)CCCC1. The van der Waals surface area contributed by atoms with E-state index in [1.165, 1.54) is 0 Å². The van der Waals surface area contributed by atoms with E-state index in [1.807, 2.05) is 0 Å². The first-order chi connectivity index (χ1) is 8.55. The molecule has 0 aromatic heterocycles. The van der Waals surface area contributed by atoms with Crippen molar-refractivity contribution in [1.29, 1.82) is 0 Å². The number of carboxylic acid groups (broad SMARTS) is 1. The average Bonchev–Trinajstić information content (AvgIpc) is 2.78. The number of carbonyl (C=O) groups is 2. The molecule has 100 valence electrons. The molecule has 0 atom stereocenters. The smallest absolute Gasteiger partial charge is 0.310 e. The van der Waals surface area contributed by atoms with E-state index in [-0.39, 0.29) is 12.3 Å². The molecule has 1 rings (SSSR count). The molecule has 0 aliphatic heterocycles. The maximum atomic E-state index is 12.2. The molecular formula is C14H21NO3. The van der Waals surface area contributed by atoms with Gasteiger partial charge in [0.25, 0.3) is 0 Å². The third-order valence-electron chi connectivity index (χ3n) is 3.56. The first-order valence-corrected chi connectivity index (χ1v) is 6.29. The van der Waals surface area contributed by atoms with Crippen LogP contribution in [0.4, 0.5) is 0 Å². The van der Waals surface area contributed by atoms with Gasteiger partial charge in [0.15, 0.2) is 0 Å². The molecule has 0 saturated heterocycles. The van der Waals surface area contributed by atoms with Gasteiger partial charge >= 0.3 is 5.97 Å². The van der Waals surface area contributed by atoms with Crippen LogP contribution in [0.15, 0.2) is 25.3 Å². The van der Waals surface area contributed by atoms with Crippen LogP contribution in [0.25, 0.3) is 0 Å². The maximum Gasteiger partial charge on any atom is 0.310 e. The standard InChI is InChI=1S/C14H21NO3/c1-3-9-15(10-4-2)12(16)11-14(13(17)18)7-5-6-8-14/h3-4H,1-2,5-11H2,(H,17,18). The van der Waals surface area contributed by atoms with Crippen LogP contribution in [0.2, 0.25) is 0 Å².